The lowest BCUT2D eigenvalue weighted by Gasteiger charge is -2.11. The van der Waals surface area contributed by atoms with E-state index in [1.807, 2.05) is 0 Å². The molecule has 0 aliphatic heterocycles. The van der Waals surface area contributed by atoms with Gasteiger partial charge in [0, 0.05) is 22.8 Å². The van der Waals surface area contributed by atoms with Crippen molar-refractivity contribution in [2.75, 3.05) is 11.9 Å². The Hall–Kier alpha value is -1.89. The lowest BCUT2D eigenvalue weighted by atomic mass is 10.1. The molecule has 5 nitrogen and oxygen atoms in total. The van der Waals surface area contributed by atoms with Crippen molar-refractivity contribution in [3.8, 4) is 0 Å². The van der Waals surface area contributed by atoms with E-state index in [1.165, 1.54) is 12.1 Å². The molecule has 0 unspecified atom stereocenters. The first-order valence-corrected chi connectivity index (χ1v) is 8.87. The number of rotatable bonds is 5. The lowest BCUT2D eigenvalue weighted by Crippen LogP contribution is -2.23. The zero-order chi connectivity index (χ0) is 17.0. The van der Waals surface area contributed by atoms with Gasteiger partial charge in [0.15, 0.2) is 0 Å². The molecule has 0 saturated heterocycles. The monoisotopic (exact) mass is 352 g/mol. The Morgan fingerprint density at radius 3 is 2.35 bits per heavy atom. The molecule has 7 heteroatoms. The quantitative estimate of drug-likeness (QED) is 0.867. The number of carbonyl (C=O) groups is 1. The van der Waals surface area contributed by atoms with Crippen molar-refractivity contribution in [2.24, 2.45) is 0 Å². The molecule has 2 aromatic rings. The predicted molar refractivity (Wildman–Crippen MR) is 91.4 cm³/mol. The van der Waals surface area contributed by atoms with Gasteiger partial charge in [0.1, 0.15) is 0 Å². The summed E-state index contributed by atoms with van der Waals surface area (Å²) in [6.45, 7) is 3.77. The average molecular weight is 353 g/mol. The summed E-state index contributed by atoms with van der Waals surface area (Å²) < 4.78 is 26.3. The van der Waals surface area contributed by atoms with Crippen LogP contribution < -0.4 is 10.0 Å². The van der Waals surface area contributed by atoms with Crippen LogP contribution >= 0.6 is 11.6 Å². The maximum absolute atomic E-state index is 12.2. The maximum atomic E-state index is 12.2. The van der Waals surface area contributed by atoms with Gasteiger partial charge in [-0.3, -0.25) is 4.79 Å². The molecular weight excluding hydrogens is 336 g/mol. The van der Waals surface area contributed by atoms with Crippen LogP contribution in [0.25, 0.3) is 0 Å². The Bertz CT molecular complexity index is 818. The number of carbonyl (C=O) groups excluding carboxylic acids is 1. The van der Waals surface area contributed by atoms with E-state index in [2.05, 4.69) is 10.0 Å². The van der Waals surface area contributed by atoms with E-state index in [9.17, 15) is 13.2 Å². The first kappa shape index (κ1) is 17.5. The van der Waals surface area contributed by atoms with Crippen LogP contribution in [0.4, 0.5) is 5.69 Å². The van der Waals surface area contributed by atoms with E-state index in [1.54, 1.807) is 44.2 Å². The Labute approximate surface area is 140 Å². The molecule has 0 aromatic heterocycles. The van der Waals surface area contributed by atoms with Crippen LogP contribution in [-0.4, -0.2) is 20.9 Å². The highest BCUT2D eigenvalue weighted by molar-refractivity contribution is 7.89. The van der Waals surface area contributed by atoms with Crippen LogP contribution in [0.3, 0.4) is 0 Å². The molecule has 0 aliphatic rings. The van der Waals surface area contributed by atoms with Crippen molar-refractivity contribution in [1.29, 1.82) is 0 Å². The SMILES string of the molecule is CCNS(=O)(=O)c1ccc(NC(=O)c2ccc(Cl)cc2)c(C)c1. The second kappa shape index (κ2) is 7.12. The van der Waals surface area contributed by atoms with Crippen molar-refractivity contribution in [3.05, 3.63) is 58.6 Å². The van der Waals surface area contributed by atoms with E-state index in [0.717, 1.165) is 0 Å². The van der Waals surface area contributed by atoms with Crippen molar-refractivity contribution in [3.63, 3.8) is 0 Å². The van der Waals surface area contributed by atoms with Crippen molar-refractivity contribution in [2.45, 2.75) is 18.7 Å². The largest absolute Gasteiger partial charge is 0.322 e. The molecule has 1 amide bonds. The molecule has 0 saturated carbocycles. The second-order valence-corrected chi connectivity index (χ2v) is 7.14. The zero-order valence-corrected chi connectivity index (χ0v) is 14.3. The Balaban J connectivity index is 2.21. The van der Waals surface area contributed by atoms with Gasteiger partial charge in [-0.15, -0.1) is 0 Å². The summed E-state index contributed by atoms with van der Waals surface area (Å²) in [6.07, 6.45) is 0. The molecule has 0 bridgehead atoms. The first-order valence-electron chi connectivity index (χ1n) is 7.00. The van der Waals surface area contributed by atoms with Crippen molar-refractivity contribution >= 4 is 33.2 Å². The zero-order valence-electron chi connectivity index (χ0n) is 12.8. The van der Waals surface area contributed by atoms with Gasteiger partial charge in [0.2, 0.25) is 10.0 Å². The van der Waals surface area contributed by atoms with E-state index >= 15 is 0 Å². The van der Waals surface area contributed by atoms with E-state index in [0.29, 0.717) is 28.4 Å². The standard InChI is InChI=1S/C16H17ClN2O3S/c1-3-18-23(21,22)14-8-9-15(11(2)10-14)19-16(20)12-4-6-13(17)7-5-12/h4-10,18H,3H2,1-2H3,(H,19,20). The molecule has 2 rings (SSSR count). The van der Waals surface area contributed by atoms with Gasteiger partial charge in [-0.2, -0.15) is 0 Å². The number of sulfonamides is 1. The molecule has 0 atom stereocenters. The van der Waals surface area contributed by atoms with Crippen LogP contribution in [0.2, 0.25) is 5.02 Å². The lowest BCUT2D eigenvalue weighted by molar-refractivity contribution is 0.102. The minimum absolute atomic E-state index is 0.168. The fourth-order valence-corrected chi connectivity index (χ4v) is 3.26. The van der Waals surface area contributed by atoms with Crippen LogP contribution in [0.1, 0.15) is 22.8 Å². The van der Waals surface area contributed by atoms with Gasteiger partial charge in [0.25, 0.3) is 5.91 Å². The average Bonchev–Trinajstić information content (AvgIpc) is 2.49. The number of amides is 1. The Kier molecular flexibility index (Phi) is 5.41. The third kappa shape index (κ3) is 4.31. The minimum Gasteiger partial charge on any atom is -0.322 e. The summed E-state index contributed by atoms with van der Waals surface area (Å²) in [7, 11) is -3.51. The number of nitrogens with one attached hydrogen (secondary N) is 2. The number of halogens is 1. The molecule has 0 spiro atoms. The van der Waals surface area contributed by atoms with E-state index < -0.39 is 10.0 Å². The van der Waals surface area contributed by atoms with Crippen molar-refractivity contribution < 1.29 is 13.2 Å². The highest BCUT2D eigenvalue weighted by atomic mass is 35.5. The smallest absolute Gasteiger partial charge is 0.255 e. The molecular formula is C16H17ClN2O3S. The molecule has 122 valence electrons. The summed E-state index contributed by atoms with van der Waals surface area (Å²) in [5.74, 6) is -0.285. The molecule has 0 radical (unpaired) electrons. The van der Waals surface area contributed by atoms with Crippen LogP contribution in [0.5, 0.6) is 0 Å². The van der Waals surface area contributed by atoms with Crippen LogP contribution in [0, 0.1) is 6.92 Å². The molecule has 0 heterocycles. The summed E-state index contributed by atoms with van der Waals surface area (Å²) >= 11 is 5.79. The molecule has 2 aromatic carbocycles. The summed E-state index contributed by atoms with van der Waals surface area (Å²) in [6, 6.07) is 11.1. The highest BCUT2D eigenvalue weighted by Gasteiger charge is 2.15. The number of hydrogen-bond donors (Lipinski definition) is 2. The van der Waals surface area contributed by atoms with Crippen molar-refractivity contribution in [1.82, 2.24) is 4.72 Å². The topological polar surface area (TPSA) is 75.3 Å². The van der Waals surface area contributed by atoms with E-state index in [-0.39, 0.29) is 10.8 Å². The molecule has 0 aliphatic carbocycles. The van der Waals surface area contributed by atoms with Gasteiger partial charge in [0.05, 0.1) is 4.90 Å². The van der Waals surface area contributed by atoms with Gasteiger partial charge < -0.3 is 5.32 Å². The second-order valence-electron chi connectivity index (χ2n) is 4.94. The van der Waals surface area contributed by atoms with Gasteiger partial charge in [-0.25, -0.2) is 13.1 Å². The third-order valence-electron chi connectivity index (χ3n) is 3.20. The van der Waals surface area contributed by atoms with Crippen LogP contribution in [0.15, 0.2) is 47.4 Å². The first-order chi connectivity index (χ1) is 10.8. The number of hydrogen-bond acceptors (Lipinski definition) is 3. The Morgan fingerprint density at radius 1 is 1.13 bits per heavy atom. The number of anilines is 1. The fraction of sp³-hybridized carbons (Fsp3) is 0.188. The van der Waals surface area contributed by atoms with E-state index in [4.69, 9.17) is 11.6 Å². The molecule has 23 heavy (non-hydrogen) atoms. The van der Waals surface area contributed by atoms with Gasteiger partial charge >= 0.3 is 0 Å². The Morgan fingerprint density at radius 2 is 1.78 bits per heavy atom. The molecule has 2 N–H and O–H groups in total. The van der Waals surface area contributed by atoms with Crippen LogP contribution in [-0.2, 0) is 10.0 Å². The van der Waals surface area contributed by atoms with Gasteiger partial charge in [-0.1, -0.05) is 18.5 Å². The third-order valence-corrected chi connectivity index (χ3v) is 4.99. The highest BCUT2D eigenvalue weighted by Crippen LogP contribution is 2.20. The molecule has 0 fully saturated rings. The minimum atomic E-state index is -3.51. The number of benzene rings is 2. The normalized spacial score (nSPS) is 11.3. The van der Waals surface area contributed by atoms with Gasteiger partial charge in [-0.05, 0) is 55.0 Å². The summed E-state index contributed by atoms with van der Waals surface area (Å²) in [5, 5.41) is 3.31. The summed E-state index contributed by atoms with van der Waals surface area (Å²) in [4.78, 5) is 12.3. The maximum Gasteiger partial charge on any atom is 0.255 e. The summed E-state index contributed by atoms with van der Waals surface area (Å²) in [5.41, 5.74) is 1.69. The number of aryl methyl sites for hydroxylation is 1. The fourth-order valence-electron chi connectivity index (χ4n) is 2.01. The predicted octanol–water partition coefficient (Wildman–Crippen LogP) is 3.20.